The number of benzene rings is 2. The topological polar surface area (TPSA) is 163 Å². The molecule has 0 spiro atoms. The summed E-state index contributed by atoms with van der Waals surface area (Å²) in [5.41, 5.74) is 1.40. The van der Waals surface area contributed by atoms with Crippen molar-refractivity contribution in [3.8, 4) is 22.8 Å². The van der Waals surface area contributed by atoms with E-state index < -0.39 is 16.5 Å². The number of nitro groups is 1. The Balaban J connectivity index is 1.82. The molecule has 3 heterocycles. The summed E-state index contributed by atoms with van der Waals surface area (Å²) in [4.78, 5) is 23.6. The molecule has 2 aromatic heterocycles. The van der Waals surface area contributed by atoms with E-state index in [1.807, 2.05) is 0 Å². The molecule has 0 amide bonds. The molecule has 0 saturated carbocycles. The Hall–Kier alpha value is -4.81. The first-order valence-electron chi connectivity index (χ1n) is 9.66. The molecule has 5 rings (SSSR count). The van der Waals surface area contributed by atoms with Crippen LogP contribution in [0.25, 0.3) is 11.3 Å². The van der Waals surface area contributed by atoms with E-state index in [1.165, 1.54) is 31.0 Å². The Morgan fingerprint density at radius 1 is 1.15 bits per heavy atom. The minimum absolute atomic E-state index is 0.111. The lowest BCUT2D eigenvalue weighted by Gasteiger charge is -2.28. The Kier molecular flexibility index (Phi) is 4.70. The van der Waals surface area contributed by atoms with Crippen molar-refractivity contribution in [1.82, 2.24) is 30.4 Å². The monoisotopic (exact) mass is 448 g/mol. The highest BCUT2D eigenvalue weighted by Crippen LogP contribution is 2.44. The predicted octanol–water partition coefficient (Wildman–Crippen LogP) is 2.04. The SMILES string of the molecule is COc1ccc([C@@H]2c3c(-c4cccc([N+](=O)[O-])c4)n[nH]c(=O)c3Nc3nnnn32)c(OC)c1. The number of hydrogen-bond donors (Lipinski definition) is 2. The zero-order valence-corrected chi connectivity index (χ0v) is 17.3. The second-order valence-electron chi connectivity index (χ2n) is 7.08. The molecule has 13 nitrogen and oxygen atoms in total. The molecule has 0 unspecified atom stereocenters. The maximum absolute atomic E-state index is 12.8. The summed E-state index contributed by atoms with van der Waals surface area (Å²) < 4.78 is 12.4. The molecule has 2 aromatic carbocycles. The molecule has 0 saturated heterocycles. The van der Waals surface area contributed by atoms with Gasteiger partial charge in [-0.15, -0.1) is 0 Å². The summed E-state index contributed by atoms with van der Waals surface area (Å²) in [6.07, 6.45) is 0. The first-order chi connectivity index (χ1) is 16.0. The standard InChI is InChI=1S/C20H16N8O5/c1-32-12-6-7-13(14(9-12)33-2)18-15-16(10-4-3-5-11(8-10)28(30)31)22-23-19(29)17(15)21-20-24-25-26-27(18)20/h3-9,18H,1-2H3,(H,23,29)(H,21,24,26)/t18-/m1/s1. The van der Waals surface area contributed by atoms with Crippen LogP contribution in [-0.4, -0.2) is 49.5 Å². The normalized spacial score (nSPS) is 14.1. The van der Waals surface area contributed by atoms with E-state index >= 15 is 0 Å². The molecule has 13 heteroatoms. The molecular formula is C20H16N8O5. The zero-order chi connectivity index (χ0) is 23.1. The van der Waals surface area contributed by atoms with Crippen molar-refractivity contribution in [3.63, 3.8) is 0 Å². The van der Waals surface area contributed by atoms with Crippen LogP contribution in [0, 0.1) is 10.1 Å². The summed E-state index contributed by atoms with van der Waals surface area (Å²) >= 11 is 0. The third kappa shape index (κ3) is 3.22. The summed E-state index contributed by atoms with van der Waals surface area (Å²) in [5, 5.41) is 32.8. The van der Waals surface area contributed by atoms with Crippen molar-refractivity contribution in [2.75, 3.05) is 19.5 Å². The minimum atomic E-state index is -0.726. The van der Waals surface area contributed by atoms with Gasteiger partial charge in [-0.05, 0) is 22.6 Å². The van der Waals surface area contributed by atoms with Crippen LogP contribution in [0.3, 0.4) is 0 Å². The Morgan fingerprint density at radius 2 is 2.00 bits per heavy atom. The van der Waals surface area contributed by atoms with Gasteiger partial charge in [-0.3, -0.25) is 14.9 Å². The molecule has 1 aliphatic heterocycles. The number of nitrogens with one attached hydrogen (secondary N) is 2. The Morgan fingerprint density at radius 3 is 2.76 bits per heavy atom. The quantitative estimate of drug-likeness (QED) is 0.300. The molecule has 0 bridgehead atoms. The van der Waals surface area contributed by atoms with Gasteiger partial charge < -0.3 is 14.8 Å². The van der Waals surface area contributed by atoms with Crippen LogP contribution in [0.4, 0.5) is 17.3 Å². The van der Waals surface area contributed by atoms with Crippen LogP contribution in [0.1, 0.15) is 17.2 Å². The third-order valence-electron chi connectivity index (χ3n) is 5.33. The van der Waals surface area contributed by atoms with E-state index in [2.05, 4.69) is 31.0 Å². The number of anilines is 2. The first-order valence-corrected chi connectivity index (χ1v) is 9.66. The van der Waals surface area contributed by atoms with Crippen molar-refractivity contribution < 1.29 is 14.4 Å². The second kappa shape index (κ2) is 7.71. The smallest absolute Gasteiger partial charge is 0.288 e. The average molecular weight is 448 g/mol. The summed E-state index contributed by atoms with van der Waals surface area (Å²) in [6.45, 7) is 0. The number of non-ortho nitro benzene ring substituents is 1. The molecule has 4 aromatic rings. The molecule has 1 atom stereocenters. The molecule has 33 heavy (non-hydrogen) atoms. The van der Waals surface area contributed by atoms with Gasteiger partial charge in [0.2, 0.25) is 5.95 Å². The van der Waals surface area contributed by atoms with Crippen LogP contribution >= 0.6 is 0 Å². The largest absolute Gasteiger partial charge is 0.497 e. The molecule has 2 N–H and O–H groups in total. The molecular weight excluding hydrogens is 432 g/mol. The number of aromatic amines is 1. The Labute approximate surface area is 185 Å². The lowest BCUT2D eigenvalue weighted by molar-refractivity contribution is -0.384. The number of fused-ring (bicyclic) bond motifs is 2. The van der Waals surface area contributed by atoms with Gasteiger partial charge in [-0.2, -0.15) is 9.78 Å². The minimum Gasteiger partial charge on any atom is -0.497 e. The van der Waals surface area contributed by atoms with Crippen LogP contribution in [0.5, 0.6) is 11.5 Å². The van der Waals surface area contributed by atoms with Crippen molar-refractivity contribution >= 4 is 17.3 Å². The molecule has 166 valence electrons. The fourth-order valence-electron chi connectivity index (χ4n) is 3.86. The van der Waals surface area contributed by atoms with Crippen LogP contribution in [0.2, 0.25) is 0 Å². The van der Waals surface area contributed by atoms with Gasteiger partial charge in [0, 0.05) is 34.9 Å². The van der Waals surface area contributed by atoms with Gasteiger partial charge in [0.25, 0.3) is 11.2 Å². The third-order valence-corrected chi connectivity index (χ3v) is 5.33. The van der Waals surface area contributed by atoms with Crippen molar-refractivity contribution in [2.24, 2.45) is 0 Å². The Bertz CT molecular complexity index is 1450. The number of nitro benzene ring substituents is 1. The van der Waals surface area contributed by atoms with E-state index in [4.69, 9.17) is 9.47 Å². The number of rotatable bonds is 5. The maximum atomic E-state index is 12.8. The second-order valence-corrected chi connectivity index (χ2v) is 7.08. The van der Waals surface area contributed by atoms with E-state index in [0.717, 1.165) is 0 Å². The molecule has 1 aliphatic rings. The van der Waals surface area contributed by atoms with Gasteiger partial charge in [-0.1, -0.05) is 17.2 Å². The van der Waals surface area contributed by atoms with E-state index in [1.54, 1.807) is 30.3 Å². The van der Waals surface area contributed by atoms with E-state index in [-0.39, 0.29) is 17.3 Å². The number of methoxy groups -OCH3 is 2. The van der Waals surface area contributed by atoms with Gasteiger partial charge in [0.05, 0.1) is 24.8 Å². The highest BCUT2D eigenvalue weighted by Gasteiger charge is 2.36. The lowest BCUT2D eigenvalue weighted by Crippen LogP contribution is -2.29. The summed E-state index contributed by atoms with van der Waals surface area (Å²) in [7, 11) is 3.05. The number of tetrazole rings is 1. The van der Waals surface area contributed by atoms with Gasteiger partial charge in [0.1, 0.15) is 23.2 Å². The van der Waals surface area contributed by atoms with Crippen molar-refractivity contribution in [1.29, 1.82) is 0 Å². The lowest BCUT2D eigenvalue weighted by atomic mass is 9.91. The average Bonchev–Trinajstić information content (AvgIpc) is 3.31. The maximum Gasteiger partial charge on any atom is 0.288 e. The molecule has 0 radical (unpaired) electrons. The van der Waals surface area contributed by atoms with Gasteiger partial charge >= 0.3 is 0 Å². The van der Waals surface area contributed by atoms with Crippen LogP contribution in [-0.2, 0) is 0 Å². The fraction of sp³-hybridized carbons (Fsp3) is 0.150. The van der Waals surface area contributed by atoms with E-state index in [0.29, 0.717) is 33.9 Å². The van der Waals surface area contributed by atoms with Gasteiger partial charge in [-0.25, -0.2) is 5.10 Å². The number of nitrogens with zero attached hydrogens (tertiary/aromatic N) is 6. The fourth-order valence-corrected chi connectivity index (χ4v) is 3.86. The van der Waals surface area contributed by atoms with Gasteiger partial charge in [0.15, 0.2) is 0 Å². The molecule has 0 fully saturated rings. The number of ether oxygens (including phenoxy) is 2. The number of aromatic nitrogens is 6. The number of hydrogen-bond acceptors (Lipinski definition) is 10. The number of H-pyrrole nitrogens is 1. The van der Waals surface area contributed by atoms with E-state index in [9.17, 15) is 14.9 Å². The van der Waals surface area contributed by atoms with Crippen molar-refractivity contribution in [3.05, 3.63) is 74.1 Å². The zero-order valence-electron chi connectivity index (χ0n) is 17.3. The molecule has 0 aliphatic carbocycles. The highest BCUT2D eigenvalue weighted by molar-refractivity contribution is 5.76. The van der Waals surface area contributed by atoms with Crippen molar-refractivity contribution in [2.45, 2.75) is 6.04 Å². The van der Waals surface area contributed by atoms with Crippen LogP contribution < -0.4 is 20.3 Å². The highest BCUT2D eigenvalue weighted by atomic mass is 16.6. The first kappa shape index (κ1) is 20.1. The summed E-state index contributed by atoms with van der Waals surface area (Å²) in [6, 6.07) is 10.5. The predicted molar refractivity (Wildman–Crippen MR) is 115 cm³/mol. The summed E-state index contributed by atoms with van der Waals surface area (Å²) in [5.74, 6) is 1.29. The van der Waals surface area contributed by atoms with Crippen LogP contribution in [0.15, 0.2) is 47.3 Å².